The third-order valence-electron chi connectivity index (χ3n) is 7.31. The fraction of sp³-hybridized carbons (Fsp3) is 0.231. The van der Waals surface area contributed by atoms with Gasteiger partial charge in [0.1, 0.15) is 0 Å². The van der Waals surface area contributed by atoms with Crippen molar-refractivity contribution in [2.75, 3.05) is 0 Å². The van der Waals surface area contributed by atoms with Crippen molar-refractivity contribution in [3.8, 4) is 0 Å². The van der Waals surface area contributed by atoms with Gasteiger partial charge in [-0.05, 0) is 10.8 Å². The summed E-state index contributed by atoms with van der Waals surface area (Å²) in [6.45, 7) is 13.7. The average molecular weight is 925 g/mol. The minimum atomic E-state index is 0. The van der Waals surface area contributed by atoms with Crippen LogP contribution in [0.3, 0.4) is 0 Å². The molecule has 5 aromatic carbocycles. The fourth-order valence-electron chi connectivity index (χ4n) is 4.74. The molecule has 0 aliphatic heterocycles. The van der Waals surface area contributed by atoms with E-state index in [0.29, 0.717) is 0 Å². The predicted octanol–water partition coefficient (Wildman–Crippen LogP) is 12.5. The van der Waals surface area contributed by atoms with E-state index in [4.69, 9.17) is 0 Å². The summed E-state index contributed by atoms with van der Waals surface area (Å²) in [7, 11) is 0. The molecule has 0 spiro atoms. The molecule has 0 nitrogen and oxygen atoms in total. The molecule has 0 atom stereocenters. The second-order valence-electron chi connectivity index (χ2n) is 12.6. The molecule has 0 bridgehead atoms. The molecule has 228 valence electrons. The maximum absolute atomic E-state index is 2.99. The van der Waals surface area contributed by atoms with Crippen LogP contribution in [0, 0.1) is 13.2 Å². The molecule has 0 heterocycles. The summed E-state index contributed by atoms with van der Waals surface area (Å²) in [5.41, 5.74) is 5.93. The zero-order valence-electron chi connectivity index (χ0n) is 26.2. The first-order chi connectivity index (χ1) is 19.9. The third kappa shape index (κ3) is 10.3. The van der Waals surface area contributed by atoms with Crippen molar-refractivity contribution >= 4 is 94.7 Å². The molecule has 5 aromatic rings. The van der Waals surface area contributed by atoms with Crippen molar-refractivity contribution < 1.29 is 24.2 Å². The van der Waals surface area contributed by atoms with Gasteiger partial charge in [0.2, 0.25) is 0 Å². The summed E-state index contributed by atoms with van der Waals surface area (Å²) < 4.78 is 4.08. The van der Waals surface area contributed by atoms with Crippen molar-refractivity contribution in [2.45, 2.75) is 58.8 Å². The molecule has 0 unspecified atom stereocenters. The second kappa shape index (κ2) is 17.3. The monoisotopic (exact) mass is 922 g/mol. The van der Waals surface area contributed by atoms with Gasteiger partial charge in [-0.2, -0.15) is 6.08 Å². The van der Waals surface area contributed by atoms with E-state index >= 15 is 0 Å². The van der Waals surface area contributed by atoms with E-state index in [0.717, 1.165) is 6.42 Å². The molecular formula is C39H40Cl2I2Zr. The van der Waals surface area contributed by atoms with E-state index in [-0.39, 0.29) is 35.6 Å². The van der Waals surface area contributed by atoms with Crippen molar-refractivity contribution in [1.29, 1.82) is 0 Å². The standard InChI is InChI=1S/C21H25.C13H8I2.C5H5.2ClH.Zr/c1-20(2,3)16-9-7-14-11-15-8-10-17(21(4,5)6)13-19(15)18(14)12-16;14-12-7-3-1-5-10(12)9-11-6-2-4-8-13(11)15;1-2-4-5-3-1;;;/h7-13H,1-6H3;1-8H;1-3H,4H2;2*1H;/q-1;;-1;;;+2. The van der Waals surface area contributed by atoms with Crippen LogP contribution in [0.4, 0.5) is 0 Å². The minimum absolute atomic E-state index is 0. The van der Waals surface area contributed by atoms with Crippen LogP contribution < -0.4 is 0 Å². The van der Waals surface area contributed by atoms with Gasteiger partial charge in [-0.3, -0.25) is 6.08 Å². The van der Waals surface area contributed by atoms with E-state index in [2.05, 4.69) is 190 Å². The molecule has 0 fully saturated rings. The Hall–Kier alpha value is -0.977. The number of hydrogen-bond donors (Lipinski definition) is 0. The van der Waals surface area contributed by atoms with E-state index in [1.54, 1.807) is 0 Å². The van der Waals surface area contributed by atoms with Crippen molar-refractivity contribution in [1.82, 2.24) is 0 Å². The molecule has 6 rings (SSSR count). The molecule has 5 heteroatoms. The summed E-state index contributed by atoms with van der Waals surface area (Å²) in [6.07, 6.45) is 10.0. The predicted molar refractivity (Wildman–Crippen MR) is 212 cm³/mol. The van der Waals surface area contributed by atoms with E-state index < -0.39 is 0 Å². The number of allylic oxidation sites excluding steroid dienone is 4. The fourth-order valence-corrected chi connectivity index (χ4v) is 8.38. The van der Waals surface area contributed by atoms with Gasteiger partial charge in [-0.1, -0.05) is 76.9 Å². The summed E-state index contributed by atoms with van der Waals surface area (Å²) in [5.74, 6) is 0. The van der Waals surface area contributed by atoms with Crippen molar-refractivity contribution in [2.24, 2.45) is 0 Å². The summed E-state index contributed by atoms with van der Waals surface area (Å²) in [5, 5.41) is 5.49. The van der Waals surface area contributed by atoms with Crippen LogP contribution >= 0.6 is 70.0 Å². The Balaban J connectivity index is 0.000000260. The molecular weight excluding hydrogens is 884 g/mol. The van der Waals surface area contributed by atoms with Gasteiger partial charge in [0.15, 0.2) is 0 Å². The summed E-state index contributed by atoms with van der Waals surface area (Å²) in [6, 6.07) is 33.3. The normalized spacial score (nSPS) is 12.0. The first kappa shape index (κ1) is 39.2. The molecule has 44 heavy (non-hydrogen) atoms. The van der Waals surface area contributed by atoms with Crippen molar-refractivity contribution in [3.05, 3.63) is 145 Å². The molecule has 0 radical (unpaired) electrons. The van der Waals surface area contributed by atoms with Crippen LogP contribution in [-0.2, 0) is 35.1 Å². The van der Waals surface area contributed by atoms with E-state index in [9.17, 15) is 0 Å². The van der Waals surface area contributed by atoms with Gasteiger partial charge in [-0.25, -0.2) is 12.2 Å². The SMILES string of the molecule is CC(C)(C)c1ccc2[cH-]c3ccc(C(C)(C)C)cc3c2c1.Cl.Cl.[C-]1=CC=CC1.[Zr+2]=[C](c1ccccc1I)c1ccccc1I. The Kier molecular flexibility index (Phi) is 15.4. The Morgan fingerprint density at radius 1 is 0.682 bits per heavy atom. The van der Waals surface area contributed by atoms with E-state index in [1.165, 1.54) is 78.4 Å². The molecule has 0 saturated heterocycles. The zero-order valence-corrected chi connectivity index (χ0v) is 34.6. The first-order valence-corrected chi connectivity index (χ1v) is 17.7. The van der Waals surface area contributed by atoms with Gasteiger partial charge < -0.3 is 0 Å². The average Bonchev–Trinajstić information content (AvgIpc) is 3.64. The number of benzene rings is 4. The van der Waals surface area contributed by atoms with E-state index in [1.807, 2.05) is 12.2 Å². The van der Waals surface area contributed by atoms with Gasteiger partial charge in [-0.15, -0.1) is 71.0 Å². The molecule has 1 aliphatic rings. The topological polar surface area (TPSA) is 0 Å². The summed E-state index contributed by atoms with van der Waals surface area (Å²) in [4.78, 5) is 0. The quantitative estimate of drug-likeness (QED) is 0.122. The molecule has 0 N–H and O–H groups in total. The number of halogens is 4. The van der Waals surface area contributed by atoms with Crippen LogP contribution in [-0.4, -0.2) is 3.21 Å². The van der Waals surface area contributed by atoms with Gasteiger partial charge in [0.05, 0.1) is 0 Å². The number of rotatable bonds is 2. The number of hydrogen-bond acceptors (Lipinski definition) is 0. The van der Waals surface area contributed by atoms with Gasteiger partial charge >= 0.3 is 139 Å². The molecule has 1 aliphatic carbocycles. The number of fused-ring (bicyclic) bond motifs is 3. The third-order valence-corrected chi connectivity index (χ3v) is 10.5. The van der Waals surface area contributed by atoms with Crippen LogP contribution in [0.25, 0.3) is 21.5 Å². The van der Waals surface area contributed by atoms with Crippen molar-refractivity contribution in [3.63, 3.8) is 0 Å². The Morgan fingerprint density at radius 2 is 1.11 bits per heavy atom. The van der Waals surface area contributed by atoms with Crippen LogP contribution in [0.1, 0.15) is 70.2 Å². The van der Waals surface area contributed by atoms with Crippen LogP contribution in [0.5, 0.6) is 0 Å². The molecule has 0 saturated carbocycles. The Morgan fingerprint density at radius 3 is 1.43 bits per heavy atom. The first-order valence-electron chi connectivity index (χ1n) is 14.3. The Labute approximate surface area is 319 Å². The van der Waals surface area contributed by atoms with Gasteiger partial charge in [0, 0.05) is 0 Å². The van der Waals surface area contributed by atoms with Crippen LogP contribution in [0.15, 0.2) is 109 Å². The molecule has 0 amide bonds. The zero-order chi connectivity index (χ0) is 30.5. The second-order valence-corrected chi connectivity index (χ2v) is 16.1. The maximum atomic E-state index is 2.99. The Bertz CT molecular complexity index is 1640. The van der Waals surface area contributed by atoms with Gasteiger partial charge in [0.25, 0.3) is 0 Å². The summed E-state index contributed by atoms with van der Waals surface area (Å²) >= 11 is 6.27. The van der Waals surface area contributed by atoms with Crippen LogP contribution in [0.2, 0.25) is 0 Å². The molecule has 0 aromatic heterocycles.